The second kappa shape index (κ2) is 8.62. The molecule has 1 amide bonds. The van der Waals surface area contributed by atoms with Crippen molar-refractivity contribution in [2.24, 2.45) is 5.92 Å². The van der Waals surface area contributed by atoms with Crippen molar-refractivity contribution in [2.45, 2.75) is 26.2 Å². The number of likely N-dealkylation sites (tertiary alicyclic amines) is 1. The number of nitrogens with one attached hydrogen (secondary N) is 1. The molecule has 5 heteroatoms. The number of amides is 1. The number of carbonyl (C=O) groups is 1. The maximum atomic E-state index is 12.5. The van der Waals surface area contributed by atoms with Crippen molar-refractivity contribution in [3.63, 3.8) is 0 Å². The van der Waals surface area contributed by atoms with Crippen LogP contribution in [0.4, 0.5) is 0 Å². The van der Waals surface area contributed by atoms with E-state index in [2.05, 4.69) is 5.32 Å². The molecule has 3 nitrogen and oxygen atoms in total. The molecular formula is C16H24Cl2N2O. The topological polar surface area (TPSA) is 32.3 Å². The molecule has 1 aromatic carbocycles. The normalized spacial score (nSPS) is 15.7. The zero-order valence-corrected chi connectivity index (χ0v) is 14.3. The number of hydrogen-bond donors (Lipinski definition) is 1. The van der Waals surface area contributed by atoms with Gasteiger partial charge in [0, 0.05) is 13.1 Å². The highest BCUT2D eigenvalue weighted by Gasteiger charge is 2.24. The number of aryl methyl sites for hydroxylation is 1. The Morgan fingerprint density at radius 1 is 1.38 bits per heavy atom. The van der Waals surface area contributed by atoms with Gasteiger partial charge in [0.05, 0.1) is 10.6 Å². The minimum Gasteiger partial charge on any atom is -0.339 e. The summed E-state index contributed by atoms with van der Waals surface area (Å²) >= 11 is 6.25. The van der Waals surface area contributed by atoms with E-state index in [1.165, 1.54) is 6.42 Å². The fraction of sp³-hybridized carbons (Fsp3) is 0.562. The van der Waals surface area contributed by atoms with Crippen LogP contribution in [0.5, 0.6) is 0 Å². The van der Waals surface area contributed by atoms with E-state index in [1.54, 1.807) is 0 Å². The summed E-state index contributed by atoms with van der Waals surface area (Å²) in [7, 11) is 1.98. The van der Waals surface area contributed by atoms with Crippen LogP contribution < -0.4 is 5.32 Å². The number of halogens is 2. The molecule has 2 rings (SSSR count). The first-order valence-corrected chi connectivity index (χ1v) is 7.70. The van der Waals surface area contributed by atoms with E-state index in [0.717, 1.165) is 44.0 Å². The number of nitrogens with zero attached hydrogens (tertiary/aromatic N) is 1. The molecule has 1 saturated heterocycles. The first kappa shape index (κ1) is 18.3. The van der Waals surface area contributed by atoms with Crippen molar-refractivity contribution in [2.75, 3.05) is 26.7 Å². The zero-order valence-electron chi connectivity index (χ0n) is 12.7. The van der Waals surface area contributed by atoms with E-state index in [-0.39, 0.29) is 18.3 Å². The molecule has 1 aliphatic heterocycles. The number of hydrogen-bond acceptors (Lipinski definition) is 2. The molecule has 0 atom stereocenters. The lowest BCUT2D eigenvalue weighted by Gasteiger charge is -2.32. The van der Waals surface area contributed by atoms with Crippen molar-refractivity contribution in [1.29, 1.82) is 0 Å². The average Bonchev–Trinajstić information content (AvgIpc) is 2.48. The van der Waals surface area contributed by atoms with Crippen LogP contribution >= 0.6 is 24.0 Å². The third-order valence-electron chi connectivity index (χ3n) is 4.13. The molecule has 0 radical (unpaired) electrons. The monoisotopic (exact) mass is 330 g/mol. The molecule has 21 heavy (non-hydrogen) atoms. The second-order valence-electron chi connectivity index (χ2n) is 5.56. The maximum Gasteiger partial charge on any atom is 0.255 e. The Morgan fingerprint density at radius 2 is 2.05 bits per heavy atom. The smallest absolute Gasteiger partial charge is 0.255 e. The molecule has 1 heterocycles. The van der Waals surface area contributed by atoms with Gasteiger partial charge >= 0.3 is 0 Å². The van der Waals surface area contributed by atoms with E-state index in [1.807, 2.05) is 37.1 Å². The van der Waals surface area contributed by atoms with Gasteiger partial charge in [-0.3, -0.25) is 4.79 Å². The van der Waals surface area contributed by atoms with Crippen LogP contribution in [0.15, 0.2) is 18.2 Å². The van der Waals surface area contributed by atoms with Crippen LogP contribution in [0.2, 0.25) is 5.02 Å². The van der Waals surface area contributed by atoms with Gasteiger partial charge in [-0.25, -0.2) is 0 Å². The van der Waals surface area contributed by atoms with Gasteiger partial charge in [-0.2, -0.15) is 0 Å². The van der Waals surface area contributed by atoms with Crippen molar-refractivity contribution in [1.82, 2.24) is 10.2 Å². The summed E-state index contributed by atoms with van der Waals surface area (Å²) in [5.74, 6) is 0.810. The van der Waals surface area contributed by atoms with Crippen molar-refractivity contribution < 1.29 is 4.79 Å². The number of benzene rings is 1. The minimum absolute atomic E-state index is 0. The number of piperidine rings is 1. The first-order valence-electron chi connectivity index (χ1n) is 7.32. The van der Waals surface area contributed by atoms with Gasteiger partial charge in [0.2, 0.25) is 0 Å². The van der Waals surface area contributed by atoms with E-state index in [0.29, 0.717) is 10.6 Å². The van der Waals surface area contributed by atoms with Gasteiger partial charge in [0.1, 0.15) is 0 Å². The van der Waals surface area contributed by atoms with E-state index in [4.69, 9.17) is 11.6 Å². The third kappa shape index (κ3) is 4.60. The molecule has 0 unspecified atom stereocenters. The summed E-state index contributed by atoms with van der Waals surface area (Å²) in [6.45, 7) is 4.68. The zero-order chi connectivity index (χ0) is 14.5. The van der Waals surface area contributed by atoms with Crippen LogP contribution in [0.1, 0.15) is 35.2 Å². The maximum absolute atomic E-state index is 12.5. The summed E-state index contributed by atoms with van der Waals surface area (Å²) in [6, 6.07) is 5.65. The van der Waals surface area contributed by atoms with Crippen molar-refractivity contribution in [3.05, 3.63) is 34.3 Å². The summed E-state index contributed by atoms with van der Waals surface area (Å²) in [5.41, 5.74) is 1.60. The summed E-state index contributed by atoms with van der Waals surface area (Å²) in [5, 5.41) is 3.78. The third-order valence-corrected chi connectivity index (χ3v) is 4.63. The fourth-order valence-electron chi connectivity index (χ4n) is 2.76. The molecule has 0 bridgehead atoms. The van der Waals surface area contributed by atoms with Crippen molar-refractivity contribution in [3.8, 4) is 0 Å². The molecule has 1 aromatic rings. The van der Waals surface area contributed by atoms with Gasteiger partial charge in [-0.05, 0) is 57.3 Å². The molecule has 1 aliphatic rings. The Kier molecular flexibility index (Phi) is 7.50. The molecule has 0 saturated carbocycles. The van der Waals surface area contributed by atoms with Crippen LogP contribution in [-0.4, -0.2) is 37.5 Å². The Bertz CT molecular complexity index is 471. The highest BCUT2D eigenvalue weighted by Crippen LogP contribution is 2.25. The predicted octanol–water partition coefficient (Wildman–Crippen LogP) is 3.53. The summed E-state index contributed by atoms with van der Waals surface area (Å²) in [4.78, 5) is 14.5. The van der Waals surface area contributed by atoms with Crippen LogP contribution in [0.25, 0.3) is 0 Å². The van der Waals surface area contributed by atoms with Crippen LogP contribution in [0.3, 0.4) is 0 Å². The Balaban J connectivity index is 0.00000220. The summed E-state index contributed by atoms with van der Waals surface area (Å²) < 4.78 is 0. The second-order valence-corrected chi connectivity index (χ2v) is 5.94. The molecule has 0 spiro atoms. The van der Waals surface area contributed by atoms with E-state index in [9.17, 15) is 4.79 Å². The first-order chi connectivity index (χ1) is 9.63. The molecular weight excluding hydrogens is 307 g/mol. The van der Waals surface area contributed by atoms with Gasteiger partial charge in [0.25, 0.3) is 5.91 Å². The fourth-order valence-corrected chi connectivity index (χ4v) is 2.96. The average molecular weight is 331 g/mol. The van der Waals surface area contributed by atoms with Crippen LogP contribution in [-0.2, 0) is 0 Å². The van der Waals surface area contributed by atoms with Gasteiger partial charge in [-0.1, -0.05) is 23.7 Å². The molecule has 0 aliphatic carbocycles. The lowest BCUT2D eigenvalue weighted by Crippen LogP contribution is -2.39. The predicted molar refractivity (Wildman–Crippen MR) is 90.6 cm³/mol. The highest BCUT2D eigenvalue weighted by molar-refractivity contribution is 6.34. The number of carbonyl (C=O) groups excluding carboxylic acids is 1. The standard InChI is InChI=1S/C16H23ClN2O.ClH/c1-12-4-3-5-14(15(12)17)16(20)19-10-7-13(8-11-19)6-9-18-2;/h3-5,13,18H,6-11H2,1-2H3;1H. The highest BCUT2D eigenvalue weighted by atomic mass is 35.5. The Morgan fingerprint density at radius 3 is 2.67 bits per heavy atom. The lowest BCUT2D eigenvalue weighted by atomic mass is 9.93. The Hall–Kier alpha value is -0.770. The summed E-state index contributed by atoms with van der Waals surface area (Å²) in [6.07, 6.45) is 3.39. The Labute approximate surface area is 138 Å². The molecule has 1 fully saturated rings. The molecule has 1 N–H and O–H groups in total. The quantitative estimate of drug-likeness (QED) is 0.915. The van der Waals surface area contributed by atoms with E-state index < -0.39 is 0 Å². The van der Waals surface area contributed by atoms with Gasteiger partial charge in [0.15, 0.2) is 0 Å². The molecule has 118 valence electrons. The largest absolute Gasteiger partial charge is 0.339 e. The lowest BCUT2D eigenvalue weighted by molar-refractivity contribution is 0.0687. The van der Waals surface area contributed by atoms with Gasteiger partial charge in [-0.15, -0.1) is 12.4 Å². The van der Waals surface area contributed by atoms with E-state index >= 15 is 0 Å². The van der Waals surface area contributed by atoms with Crippen LogP contribution in [0, 0.1) is 12.8 Å². The number of rotatable bonds is 4. The van der Waals surface area contributed by atoms with Crippen molar-refractivity contribution >= 4 is 29.9 Å². The molecule has 0 aromatic heterocycles. The van der Waals surface area contributed by atoms with Gasteiger partial charge < -0.3 is 10.2 Å². The SMILES string of the molecule is CNCCC1CCN(C(=O)c2cccc(C)c2Cl)CC1.Cl. The minimum atomic E-state index is 0.